The average Bonchev–Trinajstić information content (AvgIpc) is 2.67. The number of aryl methyl sites for hydroxylation is 1. The van der Waals surface area contributed by atoms with Crippen molar-refractivity contribution in [2.45, 2.75) is 63.8 Å². The number of carboxylic acids is 1. The number of carbonyl (C=O) groups excluding carboxylic acids is 2. The third-order valence-electron chi connectivity index (χ3n) is 5.71. The Hall–Kier alpha value is -2.57. The van der Waals surface area contributed by atoms with Gasteiger partial charge in [0.2, 0.25) is 11.8 Å². The van der Waals surface area contributed by atoms with Gasteiger partial charge in [0.15, 0.2) is 0 Å². The molecule has 3 N–H and O–H groups in total. The molecule has 0 aromatic heterocycles. The van der Waals surface area contributed by atoms with Crippen LogP contribution in [0.5, 0.6) is 5.75 Å². The summed E-state index contributed by atoms with van der Waals surface area (Å²) in [6.07, 6.45) is 4.49. The second kappa shape index (κ2) is 8.63. The minimum absolute atomic E-state index is 0.0266. The second-order valence-corrected chi connectivity index (χ2v) is 7.94. The van der Waals surface area contributed by atoms with Crippen LogP contribution < -0.4 is 15.4 Å². The number of ether oxygens (including phenoxy) is 1. The van der Waals surface area contributed by atoms with E-state index in [1.165, 1.54) is 0 Å². The van der Waals surface area contributed by atoms with E-state index in [0.29, 0.717) is 50.4 Å². The van der Waals surface area contributed by atoms with Gasteiger partial charge in [0.25, 0.3) is 0 Å². The highest BCUT2D eigenvalue weighted by atomic mass is 16.5. The summed E-state index contributed by atoms with van der Waals surface area (Å²) in [5.74, 6) is 0.0545. The van der Waals surface area contributed by atoms with E-state index in [1.54, 1.807) is 6.07 Å². The standard InChI is InChI=1S/C21H28N2O5/c1-14-8-10-21(11-9-14,20(26)27)23-19(25)3-2-12-28-16-5-6-17-15(13-16)4-7-18(24)22-17/h5-6,13-14H,2-4,7-12H2,1H3,(H,22,24)(H,23,25)(H,26,27). The highest BCUT2D eigenvalue weighted by Gasteiger charge is 2.42. The number of hydrogen-bond donors (Lipinski definition) is 3. The van der Waals surface area contributed by atoms with Crippen molar-refractivity contribution in [3.8, 4) is 5.75 Å². The summed E-state index contributed by atoms with van der Waals surface area (Å²) in [6.45, 7) is 2.48. The Balaban J connectivity index is 1.44. The molecule has 1 aromatic carbocycles. The van der Waals surface area contributed by atoms with Crippen LogP contribution in [0.3, 0.4) is 0 Å². The second-order valence-electron chi connectivity index (χ2n) is 7.94. The van der Waals surface area contributed by atoms with E-state index >= 15 is 0 Å². The summed E-state index contributed by atoms with van der Waals surface area (Å²) in [5, 5.41) is 15.2. The van der Waals surface area contributed by atoms with E-state index in [9.17, 15) is 19.5 Å². The fraction of sp³-hybridized carbons (Fsp3) is 0.571. The maximum atomic E-state index is 12.3. The first-order chi connectivity index (χ1) is 13.4. The van der Waals surface area contributed by atoms with Gasteiger partial charge < -0.3 is 20.5 Å². The van der Waals surface area contributed by atoms with E-state index in [-0.39, 0.29) is 18.2 Å². The Morgan fingerprint density at radius 1 is 1.29 bits per heavy atom. The number of carboxylic acid groups (broad SMARTS) is 1. The molecule has 1 fully saturated rings. The van der Waals surface area contributed by atoms with Gasteiger partial charge in [0.1, 0.15) is 11.3 Å². The van der Waals surface area contributed by atoms with Crippen LogP contribution in [-0.4, -0.2) is 35.0 Å². The third-order valence-corrected chi connectivity index (χ3v) is 5.71. The van der Waals surface area contributed by atoms with Crippen molar-refractivity contribution < 1.29 is 24.2 Å². The van der Waals surface area contributed by atoms with Gasteiger partial charge >= 0.3 is 5.97 Å². The van der Waals surface area contributed by atoms with Gasteiger partial charge in [0, 0.05) is 18.5 Å². The summed E-state index contributed by atoms with van der Waals surface area (Å²) in [5.41, 5.74) is 0.751. The van der Waals surface area contributed by atoms with Crippen LogP contribution in [0, 0.1) is 5.92 Å². The first-order valence-corrected chi connectivity index (χ1v) is 9.98. The number of benzene rings is 1. The molecule has 1 aliphatic heterocycles. The molecular weight excluding hydrogens is 360 g/mol. The number of carbonyl (C=O) groups is 3. The molecule has 1 aliphatic carbocycles. The van der Waals surface area contributed by atoms with Crippen molar-refractivity contribution in [1.82, 2.24) is 5.32 Å². The zero-order valence-corrected chi connectivity index (χ0v) is 16.3. The summed E-state index contributed by atoms with van der Waals surface area (Å²) in [7, 11) is 0. The predicted octanol–water partition coefficient (Wildman–Crippen LogP) is 2.88. The fourth-order valence-corrected chi connectivity index (χ4v) is 3.85. The van der Waals surface area contributed by atoms with Crippen LogP contribution in [-0.2, 0) is 20.8 Å². The van der Waals surface area contributed by atoms with E-state index in [4.69, 9.17) is 4.74 Å². The van der Waals surface area contributed by atoms with Gasteiger partial charge in [0.05, 0.1) is 6.61 Å². The van der Waals surface area contributed by atoms with E-state index < -0.39 is 11.5 Å². The Morgan fingerprint density at radius 2 is 2.04 bits per heavy atom. The Bertz CT molecular complexity index is 753. The lowest BCUT2D eigenvalue weighted by molar-refractivity contribution is -0.149. The summed E-state index contributed by atoms with van der Waals surface area (Å²) < 4.78 is 5.72. The maximum absolute atomic E-state index is 12.3. The molecule has 1 heterocycles. The molecular formula is C21H28N2O5. The van der Waals surface area contributed by atoms with Gasteiger partial charge in [-0.2, -0.15) is 0 Å². The number of nitrogens with one attached hydrogen (secondary N) is 2. The average molecular weight is 388 g/mol. The predicted molar refractivity (Wildman–Crippen MR) is 104 cm³/mol. The van der Waals surface area contributed by atoms with Crippen LogP contribution in [0.2, 0.25) is 0 Å². The number of fused-ring (bicyclic) bond motifs is 1. The number of hydrogen-bond acceptors (Lipinski definition) is 4. The summed E-state index contributed by atoms with van der Waals surface area (Å²) >= 11 is 0. The van der Waals surface area contributed by atoms with Crippen molar-refractivity contribution in [1.29, 1.82) is 0 Å². The van der Waals surface area contributed by atoms with Gasteiger partial charge in [-0.3, -0.25) is 9.59 Å². The summed E-state index contributed by atoms with van der Waals surface area (Å²) in [4.78, 5) is 35.4. The monoisotopic (exact) mass is 388 g/mol. The van der Waals surface area contributed by atoms with Crippen LogP contribution in [0.4, 0.5) is 5.69 Å². The van der Waals surface area contributed by atoms with Crippen molar-refractivity contribution in [2.75, 3.05) is 11.9 Å². The van der Waals surface area contributed by atoms with Crippen molar-refractivity contribution in [2.24, 2.45) is 5.92 Å². The minimum Gasteiger partial charge on any atom is -0.494 e. The molecule has 7 heteroatoms. The number of amides is 2. The lowest BCUT2D eigenvalue weighted by atomic mass is 9.77. The smallest absolute Gasteiger partial charge is 0.329 e. The zero-order chi connectivity index (χ0) is 20.1. The lowest BCUT2D eigenvalue weighted by Gasteiger charge is -2.36. The highest BCUT2D eigenvalue weighted by molar-refractivity contribution is 5.94. The van der Waals surface area contributed by atoms with Gasteiger partial charge in [-0.1, -0.05) is 6.92 Å². The van der Waals surface area contributed by atoms with Crippen LogP contribution in [0.25, 0.3) is 0 Å². The van der Waals surface area contributed by atoms with E-state index in [1.807, 2.05) is 12.1 Å². The Kier molecular flexibility index (Phi) is 6.21. The molecule has 3 rings (SSSR count). The molecule has 0 unspecified atom stereocenters. The Morgan fingerprint density at radius 3 is 2.75 bits per heavy atom. The fourth-order valence-electron chi connectivity index (χ4n) is 3.85. The SMILES string of the molecule is CC1CCC(NC(=O)CCCOc2ccc3c(c2)CCC(=O)N3)(C(=O)O)CC1. The van der Waals surface area contributed by atoms with Crippen LogP contribution in [0.1, 0.15) is 57.4 Å². The molecule has 0 bridgehead atoms. The van der Waals surface area contributed by atoms with Crippen molar-refractivity contribution in [3.05, 3.63) is 23.8 Å². The van der Waals surface area contributed by atoms with Crippen molar-refractivity contribution in [3.63, 3.8) is 0 Å². The highest BCUT2D eigenvalue weighted by Crippen LogP contribution is 2.32. The van der Waals surface area contributed by atoms with Gasteiger partial charge in [-0.05, 0) is 68.2 Å². The molecule has 152 valence electrons. The molecule has 0 saturated heterocycles. The molecule has 1 aromatic rings. The molecule has 2 amide bonds. The first-order valence-electron chi connectivity index (χ1n) is 9.98. The summed E-state index contributed by atoms with van der Waals surface area (Å²) in [6, 6.07) is 5.54. The van der Waals surface area contributed by atoms with Crippen LogP contribution in [0.15, 0.2) is 18.2 Å². The van der Waals surface area contributed by atoms with Crippen molar-refractivity contribution >= 4 is 23.5 Å². The van der Waals surface area contributed by atoms with Gasteiger partial charge in [-0.25, -0.2) is 4.79 Å². The quantitative estimate of drug-likeness (QED) is 0.623. The molecule has 1 saturated carbocycles. The molecule has 0 spiro atoms. The third kappa shape index (κ3) is 4.82. The number of aliphatic carboxylic acids is 1. The minimum atomic E-state index is -1.12. The lowest BCUT2D eigenvalue weighted by Crippen LogP contribution is -2.56. The maximum Gasteiger partial charge on any atom is 0.329 e. The topological polar surface area (TPSA) is 105 Å². The zero-order valence-electron chi connectivity index (χ0n) is 16.3. The van der Waals surface area contributed by atoms with E-state index in [2.05, 4.69) is 17.6 Å². The normalized spacial score (nSPS) is 24.0. The molecule has 2 aliphatic rings. The van der Waals surface area contributed by atoms with Gasteiger partial charge in [-0.15, -0.1) is 0 Å². The first kappa shape index (κ1) is 20.2. The number of anilines is 1. The van der Waals surface area contributed by atoms with Crippen LogP contribution >= 0.6 is 0 Å². The molecule has 28 heavy (non-hydrogen) atoms. The molecule has 0 atom stereocenters. The Labute approximate surface area is 164 Å². The number of rotatable bonds is 7. The largest absolute Gasteiger partial charge is 0.494 e. The van der Waals surface area contributed by atoms with E-state index in [0.717, 1.165) is 24.1 Å². The molecule has 7 nitrogen and oxygen atoms in total. The molecule has 0 radical (unpaired) electrons.